The highest BCUT2D eigenvalue weighted by molar-refractivity contribution is 5.81. The molecule has 1 aromatic rings. The highest BCUT2D eigenvalue weighted by Gasteiger charge is 2.10. The topological polar surface area (TPSA) is 80.5 Å². The SMILES string of the molecule is CCCN(CCC)c1cccnc1N=C(N)N. The van der Waals surface area contributed by atoms with Gasteiger partial charge in [-0.2, -0.15) is 4.99 Å². The second-order valence-electron chi connectivity index (χ2n) is 3.87. The molecule has 0 saturated carbocycles. The van der Waals surface area contributed by atoms with Crippen molar-refractivity contribution in [3.63, 3.8) is 0 Å². The van der Waals surface area contributed by atoms with Crippen molar-refractivity contribution >= 4 is 17.5 Å². The first-order chi connectivity index (χ1) is 8.19. The Kier molecular flexibility index (Phi) is 5.26. The fourth-order valence-electron chi connectivity index (χ4n) is 1.74. The Labute approximate surface area is 103 Å². The van der Waals surface area contributed by atoms with E-state index in [1.54, 1.807) is 6.20 Å². The van der Waals surface area contributed by atoms with Gasteiger partial charge in [0.05, 0.1) is 5.69 Å². The van der Waals surface area contributed by atoms with Crippen molar-refractivity contribution in [3.05, 3.63) is 18.3 Å². The van der Waals surface area contributed by atoms with Crippen molar-refractivity contribution in [2.75, 3.05) is 18.0 Å². The highest BCUT2D eigenvalue weighted by Crippen LogP contribution is 2.25. The first-order valence-corrected chi connectivity index (χ1v) is 5.98. The van der Waals surface area contributed by atoms with Crippen molar-refractivity contribution in [2.45, 2.75) is 26.7 Å². The van der Waals surface area contributed by atoms with E-state index >= 15 is 0 Å². The minimum absolute atomic E-state index is 0.0397. The Morgan fingerprint density at radius 2 is 1.94 bits per heavy atom. The molecule has 0 saturated heterocycles. The smallest absolute Gasteiger partial charge is 0.192 e. The molecule has 0 radical (unpaired) electrons. The highest BCUT2D eigenvalue weighted by atomic mass is 15.2. The zero-order valence-electron chi connectivity index (χ0n) is 10.6. The molecule has 17 heavy (non-hydrogen) atoms. The van der Waals surface area contributed by atoms with Gasteiger partial charge in [0.1, 0.15) is 0 Å². The molecule has 0 atom stereocenters. The van der Waals surface area contributed by atoms with Crippen molar-refractivity contribution in [2.24, 2.45) is 16.5 Å². The molecule has 0 fully saturated rings. The number of pyridine rings is 1. The summed E-state index contributed by atoms with van der Waals surface area (Å²) >= 11 is 0. The van der Waals surface area contributed by atoms with Gasteiger partial charge in [-0.25, -0.2) is 4.98 Å². The van der Waals surface area contributed by atoms with Gasteiger partial charge in [-0.3, -0.25) is 0 Å². The largest absolute Gasteiger partial charge is 0.370 e. The van der Waals surface area contributed by atoms with E-state index in [0.29, 0.717) is 5.82 Å². The number of nitrogens with two attached hydrogens (primary N) is 2. The Balaban J connectivity index is 3.04. The molecule has 5 nitrogen and oxygen atoms in total. The fraction of sp³-hybridized carbons (Fsp3) is 0.500. The van der Waals surface area contributed by atoms with Crippen LogP contribution >= 0.6 is 0 Å². The number of anilines is 1. The third-order valence-corrected chi connectivity index (χ3v) is 2.33. The maximum absolute atomic E-state index is 5.41. The average molecular weight is 235 g/mol. The average Bonchev–Trinajstić information content (AvgIpc) is 2.29. The minimum atomic E-state index is 0.0397. The van der Waals surface area contributed by atoms with Crippen LogP contribution in [0.15, 0.2) is 23.3 Å². The molecular formula is C12H21N5. The van der Waals surface area contributed by atoms with Crippen molar-refractivity contribution in [3.8, 4) is 0 Å². The van der Waals surface area contributed by atoms with E-state index in [4.69, 9.17) is 11.5 Å². The molecule has 0 aromatic carbocycles. The second-order valence-corrected chi connectivity index (χ2v) is 3.87. The van der Waals surface area contributed by atoms with Crippen LogP contribution in [0.3, 0.4) is 0 Å². The summed E-state index contributed by atoms with van der Waals surface area (Å²) in [5, 5.41) is 0. The van der Waals surface area contributed by atoms with Crippen LogP contribution in [0.4, 0.5) is 11.5 Å². The Morgan fingerprint density at radius 1 is 1.29 bits per heavy atom. The molecule has 0 aliphatic heterocycles. The van der Waals surface area contributed by atoms with E-state index in [-0.39, 0.29) is 5.96 Å². The van der Waals surface area contributed by atoms with Crippen LogP contribution in [0.2, 0.25) is 0 Å². The molecule has 1 heterocycles. The number of aliphatic imine (C=N–C) groups is 1. The summed E-state index contributed by atoms with van der Waals surface area (Å²) in [7, 11) is 0. The van der Waals surface area contributed by atoms with Gasteiger partial charge < -0.3 is 16.4 Å². The number of rotatable bonds is 6. The maximum atomic E-state index is 5.41. The molecule has 0 bridgehead atoms. The number of nitrogens with zero attached hydrogens (tertiary/aromatic N) is 3. The minimum Gasteiger partial charge on any atom is -0.370 e. The van der Waals surface area contributed by atoms with E-state index in [9.17, 15) is 0 Å². The van der Waals surface area contributed by atoms with Gasteiger partial charge in [0.25, 0.3) is 0 Å². The van der Waals surface area contributed by atoms with Crippen molar-refractivity contribution < 1.29 is 0 Å². The zero-order valence-corrected chi connectivity index (χ0v) is 10.6. The molecule has 4 N–H and O–H groups in total. The summed E-state index contributed by atoms with van der Waals surface area (Å²) in [5.74, 6) is 0.632. The number of hydrogen-bond donors (Lipinski definition) is 2. The fourth-order valence-corrected chi connectivity index (χ4v) is 1.74. The van der Waals surface area contributed by atoms with Crippen LogP contribution in [-0.2, 0) is 0 Å². The summed E-state index contributed by atoms with van der Waals surface area (Å²) in [6, 6.07) is 3.90. The molecule has 1 rings (SSSR count). The van der Waals surface area contributed by atoms with Gasteiger partial charge in [-0.05, 0) is 25.0 Å². The standard InChI is InChI=1S/C12H21N5/c1-3-8-17(9-4-2)10-6-5-7-15-11(10)16-12(13)14/h5-7H,3-4,8-9H2,1-2H3,(H4,13,14,15,16). The quantitative estimate of drug-likeness (QED) is 0.580. The van der Waals surface area contributed by atoms with Gasteiger partial charge >= 0.3 is 0 Å². The summed E-state index contributed by atoms with van der Waals surface area (Å²) in [6.45, 7) is 6.26. The molecule has 0 aliphatic rings. The lowest BCUT2D eigenvalue weighted by molar-refractivity contribution is 0.743. The van der Waals surface area contributed by atoms with Crippen LogP contribution in [-0.4, -0.2) is 24.0 Å². The van der Waals surface area contributed by atoms with Gasteiger partial charge in [0.15, 0.2) is 11.8 Å². The molecule has 0 amide bonds. The van der Waals surface area contributed by atoms with E-state index in [2.05, 4.69) is 28.7 Å². The lowest BCUT2D eigenvalue weighted by Crippen LogP contribution is -2.26. The summed E-state index contributed by atoms with van der Waals surface area (Å²) in [5.41, 5.74) is 11.8. The predicted octanol–water partition coefficient (Wildman–Crippen LogP) is 1.61. The summed E-state index contributed by atoms with van der Waals surface area (Å²) in [4.78, 5) is 10.5. The molecule has 0 aliphatic carbocycles. The molecule has 1 aromatic heterocycles. The van der Waals surface area contributed by atoms with Crippen LogP contribution in [0.25, 0.3) is 0 Å². The monoisotopic (exact) mass is 235 g/mol. The lowest BCUT2D eigenvalue weighted by atomic mass is 10.3. The molecular weight excluding hydrogens is 214 g/mol. The number of hydrogen-bond acceptors (Lipinski definition) is 3. The Hall–Kier alpha value is -1.78. The Bertz CT molecular complexity index is 365. The lowest BCUT2D eigenvalue weighted by Gasteiger charge is -2.24. The van der Waals surface area contributed by atoms with Gasteiger partial charge in [-0.1, -0.05) is 13.8 Å². The molecule has 5 heteroatoms. The normalized spacial score (nSPS) is 10.0. The van der Waals surface area contributed by atoms with Crippen LogP contribution in [0.5, 0.6) is 0 Å². The first-order valence-electron chi connectivity index (χ1n) is 5.98. The summed E-state index contributed by atoms with van der Waals surface area (Å²) < 4.78 is 0. The molecule has 94 valence electrons. The number of guanidine groups is 1. The third kappa shape index (κ3) is 3.94. The van der Waals surface area contributed by atoms with E-state index in [1.807, 2.05) is 12.1 Å². The van der Waals surface area contributed by atoms with E-state index in [0.717, 1.165) is 31.6 Å². The van der Waals surface area contributed by atoms with Gasteiger partial charge in [-0.15, -0.1) is 0 Å². The van der Waals surface area contributed by atoms with Gasteiger partial charge in [0.2, 0.25) is 0 Å². The maximum Gasteiger partial charge on any atom is 0.192 e. The summed E-state index contributed by atoms with van der Waals surface area (Å²) in [6.07, 6.45) is 3.85. The van der Waals surface area contributed by atoms with Crippen LogP contribution in [0, 0.1) is 0 Å². The van der Waals surface area contributed by atoms with E-state index in [1.165, 1.54) is 0 Å². The third-order valence-electron chi connectivity index (χ3n) is 2.33. The van der Waals surface area contributed by atoms with Gasteiger partial charge in [0, 0.05) is 19.3 Å². The molecule has 0 unspecified atom stereocenters. The van der Waals surface area contributed by atoms with E-state index < -0.39 is 0 Å². The second kappa shape index (κ2) is 6.73. The van der Waals surface area contributed by atoms with Crippen molar-refractivity contribution in [1.29, 1.82) is 0 Å². The molecule has 0 spiro atoms. The van der Waals surface area contributed by atoms with Crippen molar-refractivity contribution in [1.82, 2.24) is 4.98 Å². The zero-order chi connectivity index (χ0) is 12.7. The Morgan fingerprint density at radius 3 is 2.47 bits per heavy atom. The first kappa shape index (κ1) is 13.3. The van der Waals surface area contributed by atoms with Crippen LogP contribution in [0.1, 0.15) is 26.7 Å². The van der Waals surface area contributed by atoms with Crippen LogP contribution < -0.4 is 16.4 Å². The predicted molar refractivity (Wildman–Crippen MR) is 72.5 cm³/mol. The number of aromatic nitrogens is 1.